The average molecular weight is 287 g/mol. The van der Waals surface area contributed by atoms with Crippen LogP contribution in [-0.2, 0) is 0 Å². The molecular weight excluding hydrogens is 266 g/mol. The quantitative estimate of drug-likeness (QED) is 0.828. The highest BCUT2D eigenvalue weighted by Gasteiger charge is 2.23. The second kappa shape index (κ2) is 6.35. The summed E-state index contributed by atoms with van der Waals surface area (Å²) in [5, 5.41) is 12.1. The number of aliphatic hydroxyl groups excluding tert-OH is 1. The first-order valence-corrected chi connectivity index (χ1v) is 7.69. The van der Waals surface area contributed by atoms with Crippen LogP contribution in [0.1, 0.15) is 54.3 Å². The Morgan fingerprint density at radius 3 is 2.86 bits per heavy atom. The number of carbonyl (C=O) groups excluding carboxylic acids is 1. The molecule has 2 atom stereocenters. The zero-order valence-corrected chi connectivity index (χ0v) is 12.0. The fourth-order valence-electron chi connectivity index (χ4n) is 3.14. The van der Waals surface area contributed by atoms with Crippen molar-refractivity contribution in [2.75, 3.05) is 6.61 Å². The molecule has 2 aliphatic rings. The van der Waals surface area contributed by atoms with Gasteiger partial charge in [-0.1, -0.05) is 25.0 Å². The van der Waals surface area contributed by atoms with Gasteiger partial charge >= 0.3 is 0 Å². The van der Waals surface area contributed by atoms with Crippen molar-refractivity contribution in [3.05, 3.63) is 35.9 Å². The van der Waals surface area contributed by atoms with E-state index in [1.54, 1.807) is 12.3 Å². The first-order chi connectivity index (χ1) is 10.3. The highest BCUT2D eigenvalue weighted by atomic mass is 16.3. The molecule has 1 aromatic rings. The van der Waals surface area contributed by atoms with E-state index in [0.29, 0.717) is 11.6 Å². The highest BCUT2D eigenvalue weighted by molar-refractivity contribution is 5.92. The predicted octanol–water partition coefficient (Wildman–Crippen LogP) is 1.80. The Labute approximate surface area is 124 Å². The van der Waals surface area contributed by atoms with Gasteiger partial charge < -0.3 is 10.4 Å². The van der Waals surface area contributed by atoms with E-state index >= 15 is 0 Å². The molecule has 3 rings (SSSR count). The number of carbonyl (C=O) groups is 1. The van der Waals surface area contributed by atoms with Gasteiger partial charge in [0.2, 0.25) is 0 Å². The van der Waals surface area contributed by atoms with Crippen LogP contribution >= 0.6 is 0 Å². The standard InChI is InChI=1S/C16H21N3O2/c20-10-11-5-6-13(9-11)18-16(21)14-7-8-17-15(19-14)12-3-1-2-4-12/h5-8,11-13,20H,1-4,9-10H2,(H,18,21)/t11-,13+/m0/s1. The number of hydrogen-bond donors (Lipinski definition) is 2. The number of hydrogen-bond acceptors (Lipinski definition) is 4. The molecule has 1 aromatic heterocycles. The maximum absolute atomic E-state index is 12.3. The van der Waals surface area contributed by atoms with E-state index < -0.39 is 0 Å². The fourth-order valence-corrected chi connectivity index (χ4v) is 3.14. The largest absolute Gasteiger partial charge is 0.396 e. The second-order valence-corrected chi connectivity index (χ2v) is 5.92. The molecule has 0 aliphatic heterocycles. The molecule has 112 valence electrons. The summed E-state index contributed by atoms with van der Waals surface area (Å²) >= 11 is 0. The van der Waals surface area contributed by atoms with Crippen LogP contribution in [0.2, 0.25) is 0 Å². The minimum Gasteiger partial charge on any atom is -0.396 e. The molecule has 0 unspecified atom stereocenters. The molecule has 1 saturated carbocycles. The Bertz CT molecular complexity index is 538. The van der Waals surface area contributed by atoms with Crippen molar-refractivity contribution >= 4 is 5.91 Å². The Kier molecular flexibility index (Phi) is 4.29. The third-order valence-corrected chi connectivity index (χ3v) is 4.35. The summed E-state index contributed by atoms with van der Waals surface area (Å²) in [4.78, 5) is 21.0. The van der Waals surface area contributed by atoms with Crippen LogP contribution in [0.15, 0.2) is 24.4 Å². The normalized spacial score (nSPS) is 25.4. The molecule has 5 heteroatoms. The van der Waals surface area contributed by atoms with Crippen LogP contribution in [0.4, 0.5) is 0 Å². The van der Waals surface area contributed by atoms with Crippen molar-refractivity contribution in [2.24, 2.45) is 5.92 Å². The first kappa shape index (κ1) is 14.2. The molecule has 0 radical (unpaired) electrons. The summed E-state index contributed by atoms with van der Waals surface area (Å²) < 4.78 is 0. The van der Waals surface area contributed by atoms with Crippen molar-refractivity contribution < 1.29 is 9.90 Å². The van der Waals surface area contributed by atoms with E-state index in [1.807, 2.05) is 12.2 Å². The van der Waals surface area contributed by atoms with E-state index in [2.05, 4.69) is 15.3 Å². The SMILES string of the molecule is O=C(N[C@@H]1C=C[C@H](CO)C1)c1ccnc(C2CCCC2)n1. The van der Waals surface area contributed by atoms with Crippen molar-refractivity contribution in [3.8, 4) is 0 Å². The van der Waals surface area contributed by atoms with Gasteiger partial charge in [-0.25, -0.2) is 9.97 Å². The Hall–Kier alpha value is -1.75. The Balaban J connectivity index is 1.64. The van der Waals surface area contributed by atoms with Crippen LogP contribution in [0.25, 0.3) is 0 Å². The van der Waals surface area contributed by atoms with Crippen LogP contribution in [0.5, 0.6) is 0 Å². The first-order valence-electron chi connectivity index (χ1n) is 7.69. The lowest BCUT2D eigenvalue weighted by Crippen LogP contribution is -2.33. The minimum atomic E-state index is -0.162. The highest BCUT2D eigenvalue weighted by Crippen LogP contribution is 2.31. The zero-order chi connectivity index (χ0) is 14.7. The minimum absolute atomic E-state index is 0.0143. The van der Waals surface area contributed by atoms with Crippen LogP contribution in [-0.4, -0.2) is 33.6 Å². The smallest absolute Gasteiger partial charge is 0.270 e. The molecule has 1 amide bonds. The van der Waals surface area contributed by atoms with Gasteiger partial charge in [-0.15, -0.1) is 0 Å². The maximum atomic E-state index is 12.3. The van der Waals surface area contributed by atoms with Crippen molar-refractivity contribution in [1.82, 2.24) is 15.3 Å². The molecule has 1 heterocycles. The topological polar surface area (TPSA) is 75.1 Å². The van der Waals surface area contributed by atoms with Crippen LogP contribution in [0.3, 0.4) is 0 Å². The lowest BCUT2D eigenvalue weighted by atomic mass is 10.1. The molecule has 2 aliphatic carbocycles. The molecule has 0 bridgehead atoms. The Morgan fingerprint density at radius 2 is 2.14 bits per heavy atom. The summed E-state index contributed by atoms with van der Waals surface area (Å²) in [6.07, 6.45) is 11.0. The maximum Gasteiger partial charge on any atom is 0.270 e. The van der Waals surface area contributed by atoms with E-state index in [9.17, 15) is 4.79 Å². The van der Waals surface area contributed by atoms with E-state index in [0.717, 1.165) is 25.1 Å². The fraction of sp³-hybridized carbons (Fsp3) is 0.562. The summed E-state index contributed by atoms with van der Waals surface area (Å²) in [5.41, 5.74) is 0.438. The van der Waals surface area contributed by atoms with Crippen LogP contribution < -0.4 is 5.32 Å². The van der Waals surface area contributed by atoms with Gasteiger partial charge in [0.1, 0.15) is 11.5 Å². The van der Waals surface area contributed by atoms with E-state index in [4.69, 9.17) is 5.11 Å². The van der Waals surface area contributed by atoms with Crippen LogP contribution in [0, 0.1) is 5.92 Å². The van der Waals surface area contributed by atoms with Gasteiger partial charge in [0.05, 0.1) is 0 Å². The molecule has 21 heavy (non-hydrogen) atoms. The number of nitrogens with zero attached hydrogens (tertiary/aromatic N) is 2. The second-order valence-electron chi connectivity index (χ2n) is 5.92. The third-order valence-electron chi connectivity index (χ3n) is 4.35. The molecular formula is C16H21N3O2. The number of nitrogens with one attached hydrogen (secondary N) is 1. The number of rotatable bonds is 4. The summed E-state index contributed by atoms with van der Waals surface area (Å²) in [6, 6.07) is 1.65. The Morgan fingerprint density at radius 1 is 1.33 bits per heavy atom. The number of aromatic nitrogens is 2. The van der Waals surface area contributed by atoms with Gasteiger partial charge in [0, 0.05) is 30.7 Å². The lowest BCUT2D eigenvalue weighted by Gasteiger charge is -2.13. The average Bonchev–Trinajstić information content (AvgIpc) is 3.18. The summed E-state index contributed by atoms with van der Waals surface area (Å²) in [5.74, 6) is 1.19. The van der Waals surface area contributed by atoms with Crippen molar-refractivity contribution in [1.29, 1.82) is 0 Å². The van der Waals surface area contributed by atoms with Gasteiger partial charge in [-0.05, 0) is 25.3 Å². The molecule has 0 saturated heterocycles. The number of aliphatic hydroxyl groups is 1. The van der Waals surface area contributed by atoms with Gasteiger partial charge in [0.15, 0.2) is 0 Å². The van der Waals surface area contributed by atoms with E-state index in [1.165, 1.54) is 12.8 Å². The van der Waals surface area contributed by atoms with Crippen molar-refractivity contribution in [3.63, 3.8) is 0 Å². The third kappa shape index (κ3) is 3.29. The molecule has 0 aromatic carbocycles. The lowest BCUT2D eigenvalue weighted by molar-refractivity contribution is 0.0935. The molecule has 0 spiro atoms. The molecule has 5 nitrogen and oxygen atoms in total. The van der Waals surface area contributed by atoms with Gasteiger partial charge in [0.25, 0.3) is 5.91 Å². The zero-order valence-electron chi connectivity index (χ0n) is 12.0. The van der Waals surface area contributed by atoms with E-state index in [-0.39, 0.29) is 24.5 Å². The van der Waals surface area contributed by atoms with Gasteiger partial charge in [-0.2, -0.15) is 0 Å². The summed E-state index contributed by atoms with van der Waals surface area (Å²) in [7, 11) is 0. The number of amides is 1. The van der Waals surface area contributed by atoms with Crippen molar-refractivity contribution in [2.45, 2.75) is 44.1 Å². The monoisotopic (exact) mass is 287 g/mol. The van der Waals surface area contributed by atoms with Gasteiger partial charge in [-0.3, -0.25) is 4.79 Å². The molecule has 1 fully saturated rings. The summed E-state index contributed by atoms with van der Waals surface area (Å²) in [6.45, 7) is 0.127. The predicted molar refractivity (Wildman–Crippen MR) is 78.8 cm³/mol. The molecule has 2 N–H and O–H groups in total.